The second kappa shape index (κ2) is 7.26. The van der Waals surface area contributed by atoms with E-state index < -0.39 is 5.41 Å². The van der Waals surface area contributed by atoms with Crippen molar-refractivity contribution in [2.45, 2.75) is 57.5 Å². The molecule has 3 heteroatoms. The summed E-state index contributed by atoms with van der Waals surface area (Å²) in [5.74, 6) is 0.495. The fraction of sp³-hybridized carbons (Fsp3) is 0.632. The van der Waals surface area contributed by atoms with E-state index in [1.165, 1.54) is 5.56 Å². The minimum absolute atomic E-state index is 0.329. The third kappa shape index (κ3) is 3.88. The molecule has 1 saturated carbocycles. The van der Waals surface area contributed by atoms with Crippen molar-refractivity contribution in [2.75, 3.05) is 13.7 Å². The molecule has 0 saturated heterocycles. The van der Waals surface area contributed by atoms with Crippen LogP contribution in [0, 0.1) is 17.2 Å². The first-order valence-electron chi connectivity index (χ1n) is 8.28. The van der Waals surface area contributed by atoms with Crippen LogP contribution in [-0.2, 0) is 12.0 Å². The molecule has 0 bridgehead atoms. The summed E-state index contributed by atoms with van der Waals surface area (Å²) in [6, 6.07) is 11.3. The lowest BCUT2D eigenvalue weighted by Crippen LogP contribution is -2.36. The summed E-state index contributed by atoms with van der Waals surface area (Å²) in [6.07, 6.45) is 4.56. The fourth-order valence-electron chi connectivity index (χ4n) is 3.49. The topological polar surface area (TPSA) is 47.3 Å². The van der Waals surface area contributed by atoms with Crippen LogP contribution in [0.15, 0.2) is 24.3 Å². The SMILES string of the molecule is CN(Cc1ccccc1C(C)(C)C#N)C1CCC(CO)CC1. The molecule has 22 heavy (non-hydrogen) atoms. The molecule has 1 fully saturated rings. The maximum Gasteiger partial charge on any atom is 0.0769 e. The molecular weight excluding hydrogens is 272 g/mol. The van der Waals surface area contributed by atoms with Crippen molar-refractivity contribution in [3.05, 3.63) is 35.4 Å². The van der Waals surface area contributed by atoms with Crippen LogP contribution < -0.4 is 0 Å². The van der Waals surface area contributed by atoms with E-state index in [1.54, 1.807) is 0 Å². The number of nitriles is 1. The molecule has 1 N–H and O–H groups in total. The lowest BCUT2D eigenvalue weighted by Gasteiger charge is -2.35. The average molecular weight is 300 g/mol. The Balaban J connectivity index is 2.07. The molecule has 0 heterocycles. The molecule has 120 valence electrons. The van der Waals surface area contributed by atoms with Gasteiger partial charge in [0.1, 0.15) is 0 Å². The number of aliphatic hydroxyl groups excluding tert-OH is 1. The van der Waals surface area contributed by atoms with Crippen LogP contribution >= 0.6 is 0 Å². The van der Waals surface area contributed by atoms with Gasteiger partial charge in [0, 0.05) is 19.2 Å². The minimum Gasteiger partial charge on any atom is -0.396 e. The van der Waals surface area contributed by atoms with Gasteiger partial charge in [0.2, 0.25) is 0 Å². The van der Waals surface area contributed by atoms with Gasteiger partial charge in [-0.2, -0.15) is 5.26 Å². The third-order valence-electron chi connectivity index (χ3n) is 5.09. The highest BCUT2D eigenvalue weighted by Gasteiger charge is 2.26. The molecule has 1 aliphatic rings. The van der Waals surface area contributed by atoms with Crippen LogP contribution in [0.4, 0.5) is 0 Å². The molecule has 0 radical (unpaired) electrons. The zero-order valence-corrected chi connectivity index (χ0v) is 14.0. The van der Waals surface area contributed by atoms with E-state index in [9.17, 15) is 10.4 Å². The first-order valence-corrected chi connectivity index (χ1v) is 8.28. The zero-order chi connectivity index (χ0) is 16.2. The average Bonchev–Trinajstić information content (AvgIpc) is 2.55. The van der Waals surface area contributed by atoms with Crippen LogP contribution in [-0.4, -0.2) is 29.7 Å². The Morgan fingerprint density at radius 3 is 2.45 bits per heavy atom. The van der Waals surface area contributed by atoms with Gasteiger partial charge in [0.25, 0.3) is 0 Å². The summed E-state index contributed by atoms with van der Waals surface area (Å²) in [4.78, 5) is 2.42. The van der Waals surface area contributed by atoms with E-state index in [4.69, 9.17) is 0 Å². The molecule has 2 rings (SSSR count). The maximum absolute atomic E-state index is 9.42. The van der Waals surface area contributed by atoms with Crippen LogP contribution in [0.1, 0.15) is 50.7 Å². The normalized spacial score (nSPS) is 22.5. The maximum atomic E-state index is 9.42. The lowest BCUT2D eigenvalue weighted by atomic mass is 9.82. The highest BCUT2D eigenvalue weighted by molar-refractivity contribution is 5.37. The molecule has 0 atom stereocenters. The highest BCUT2D eigenvalue weighted by atomic mass is 16.3. The summed E-state index contributed by atoms with van der Waals surface area (Å²) in [7, 11) is 2.18. The van der Waals surface area contributed by atoms with Crippen molar-refractivity contribution < 1.29 is 5.11 Å². The first-order chi connectivity index (χ1) is 10.5. The minimum atomic E-state index is -0.452. The molecule has 3 nitrogen and oxygen atoms in total. The first kappa shape index (κ1) is 17.0. The molecule has 1 aromatic carbocycles. The molecule has 1 aromatic rings. The Kier molecular flexibility index (Phi) is 5.61. The predicted octanol–water partition coefficient (Wildman–Crippen LogP) is 3.47. The van der Waals surface area contributed by atoms with Crippen molar-refractivity contribution in [1.82, 2.24) is 4.90 Å². The van der Waals surface area contributed by atoms with Gasteiger partial charge in [-0.15, -0.1) is 0 Å². The Bertz CT molecular complexity index is 524. The Labute approximate surface area is 134 Å². The van der Waals surface area contributed by atoms with Gasteiger partial charge in [-0.05, 0) is 63.6 Å². The molecule has 0 aromatic heterocycles. The van der Waals surface area contributed by atoms with Gasteiger partial charge in [-0.1, -0.05) is 24.3 Å². The van der Waals surface area contributed by atoms with Gasteiger partial charge in [-0.25, -0.2) is 0 Å². The van der Waals surface area contributed by atoms with E-state index in [-0.39, 0.29) is 0 Å². The van der Waals surface area contributed by atoms with E-state index in [2.05, 4.69) is 36.2 Å². The van der Waals surface area contributed by atoms with Gasteiger partial charge in [-0.3, -0.25) is 4.90 Å². The number of aliphatic hydroxyl groups is 1. The molecule has 0 aliphatic heterocycles. The Hall–Kier alpha value is -1.37. The monoisotopic (exact) mass is 300 g/mol. The van der Waals surface area contributed by atoms with Gasteiger partial charge in [0.15, 0.2) is 0 Å². The van der Waals surface area contributed by atoms with E-state index >= 15 is 0 Å². The third-order valence-corrected chi connectivity index (χ3v) is 5.09. The van der Waals surface area contributed by atoms with Crippen LogP contribution in [0.2, 0.25) is 0 Å². The second-order valence-electron chi connectivity index (χ2n) is 7.17. The summed E-state index contributed by atoms with van der Waals surface area (Å²) >= 11 is 0. The quantitative estimate of drug-likeness (QED) is 0.905. The molecular formula is C19H28N2O. The number of benzene rings is 1. The lowest BCUT2D eigenvalue weighted by molar-refractivity contribution is 0.124. The van der Waals surface area contributed by atoms with E-state index in [0.717, 1.165) is 37.8 Å². The molecule has 0 spiro atoms. The van der Waals surface area contributed by atoms with Crippen molar-refractivity contribution in [1.29, 1.82) is 5.26 Å². The summed E-state index contributed by atoms with van der Waals surface area (Å²) in [5, 5.41) is 18.7. The van der Waals surface area contributed by atoms with Gasteiger partial charge >= 0.3 is 0 Å². The summed E-state index contributed by atoms with van der Waals surface area (Å²) in [6.45, 7) is 5.18. The summed E-state index contributed by atoms with van der Waals surface area (Å²) in [5.41, 5.74) is 1.93. The fourth-order valence-corrected chi connectivity index (χ4v) is 3.49. The van der Waals surface area contributed by atoms with Crippen LogP contribution in [0.3, 0.4) is 0 Å². The smallest absolute Gasteiger partial charge is 0.0769 e. The van der Waals surface area contributed by atoms with Crippen molar-refractivity contribution in [3.63, 3.8) is 0 Å². The Morgan fingerprint density at radius 2 is 1.86 bits per heavy atom. The molecule has 0 amide bonds. The number of hydrogen-bond donors (Lipinski definition) is 1. The second-order valence-corrected chi connectivity index (χ2v) is 7.17. The van der Waals surface area contributed by atoms with Crippen molar-refractivity contribution in [3.8, 4) is 6.07 Å². The number of hydrogen-bond acceptors (Lipinski definition) is 3. The zero-order valence-electron chi connectivity index (χ0n) is 14.0. The van der Waals surface area contributed by atoms with E-state index in [0.29, 0.717) is 18.6 Å². The predicted molar refractivity (Wildman–Crippen MR) is 89.4 cm³/mol. The van der Waals surface area contributed by atoms with Crippen molar-refractivity contribution >= 4 is 0 Å². The van der Waals surface area contributed by atoms with Gasteiger partial charge < -0.3 is 5.11 Å². The summed E-state index contributed by atoms with van der Waals surface area (Å²) < 4.78 is 0. The van der Waals surface area contributed by atoms with E-state index in [1.807, 2.05) is 19.9 Å². The highest BCUT2D eigenvalue weighted by Crippen LogP contribution is 2.30. The number of nitrogens with zero attached hydrogens (tertiary/aromatic N) is 2. The standard InChI is InChI=1S/C19H28N2O/c1-19(2,14-20)18-7-5-4-6-16(18)12-21(3)17-10-8-15(13-22)9-11-17/h4-7,15,17,22H,8-13H2,1-3H3. The largest absolute Gasteiger partial charge is 0.396 e. The van der Waals surface area contributed by atoms with Gasteiger partial charge in [0.05, 0.1) is 11.5 Å². The Morgan fingerprint density at radius 1 is 1.23 bits per heavy atom. The van der Waals surface area contributed by atoms with Crippen LogP contribution in [0.25, 0.3) is 0 Å². The molecule has 0 unspecified atom stereocenters. The van der Waals surface area contributed by atoms with Crippen LogP contribution in [0.5, 0.6) is 0 Å². The van der Waals surface area contributed by atoms with Crippen molar-refractivity contribution in [2.24, 2.45) is 5.92 Å². The molecule has 1 aliphatic carbocycles. The number of rotatable bonds is 5.